The highest BCUT2D eigenvalue weighted by atomic mass is 32.2. The van der Waals surface area contributed by atoms with E-state index in [0.29, 0.717) is 10.9 Å². The standard InChI is InChI=1S/C17H13N5O3S/c23-14(10-26-17-18-12-8-4-5-9-13(12)19-17)20-15-16(22-25-21-15)24-11-6-2-1-3-7-11/h1-9H,10H2,(H,18,19)(H,20,21,23). The number of fused-ring (bicyclic) bond motifs is 1. The van der Waals surface area contributed by atoms with E-state index in [1.807, 2.05) is 42.5 Å². The van der Waals surface area contributed by atoms with Gasteiger partial charge >= 0.3 is 5.88 Å². The number of benzene rings is 2. The van der Waals surface area contributed by atoms with Crippen molar-refractivity contribution in [2.24, 2.45) is 0 Å². The van der Waals surface area contributed by atoms with Crippen molar-refractivity contribution in [1.29, 1.82) is 0 Å². The fourth-order valence-electron chi connectivity index (χ4n) is 2.22. The van der Waals surface area contributed by atoms with Crippen LogP contribution in [0.1, 0.15) is 0 Å². The highest BCUT2D eigenvalue weighted by molar-refractivity contribution is 7.99. The minimum absolute atomic E-state index is 0.0956. The van der Waals surface area contributed by atoms with Crippen LogP contribution in [0.25, 0.3) is 11.0 Å². The molecule has 4 rings (SSSR count). The van der Waals surface area contributed by atoms with Crippen molar-refractivity contribution in [2.45, 2.75) is 5.16 Å². The number of aromatic nitrogens is 4. The fraction of sp³-hybridized carbons (Fsp3) is 0.0588. The first-order chi connectivity index (χ1) is 12.8. The van der Waals surface area contributed by atoms with E-state index in [4.69, 9.17) is 4.74 Å². The predicted molar refractivity (Wildman–Crippen MR) is 96.3 cm³/mol. The third kappa shape index (κ3) is 3.67. The van der Waals surface area contributed by atoms with Crippen LogP contribution in [-0.2, 0) is 4.79 Å². The maximum Gasteiger partial charge on any atom is 0.306 e. The van der Waals surface area contributed by atoms with Gasteiger partial charge in [0.15, 0.2) is 5.16 Å². The lowest BCUT2D eigenvalue weighted by Crippen LogP contribution is -2.15. The number of amides is 1. The van der Waals surface area contributed by atoms with Gasteiger partial charge in [0, 0.05) is 0 Å². The van der Waals surface area contributed by atoms with E-state index < -0.39 is 0 Å². The molecule has 2 aromatic carbocycles. The molecule has 0 spiro atoms. The fourth-order valence-corrected chi connectivity index (χ4v) is 2.91. The van der Waals surface area contributed by atoms with Gasteiger partial charge in [0.2, 0.25) is 11.7 Å². The smallest absolute Gasteiger partial charge is 0.306 e. The number of rotatable bonds is 6. The zero-order valence-electron chi connectivity index (χ0n) is 13.4. The van der Waals surface area contributed by atoms with Crippen molar-refractivity contribution >= 4 is 34.5 Å². The number of hydrogen-bond donors (Lipinski definition) is 2. The Bertz CT molecular complexity index is 998. The van der Waals surface area contributed by atoms with E-state index >= 15 is 0 Å². The first-order valence-corrected chi connectivity index (χ1v) is 8.69. The molecule has 130 valence electrons. The quantitative estimate of drug-likeness (QED) is 0.503. The van der Waals surface area contributed by atoms with Crippen molar-refractivity contribution in [1.82, 2.24) is 20.3 Å². The average molecular weight is 367 g/mol. The molecule has 0 radical (unpaired) electrons. The van der Waals surface area contributed by atoms with Crippen molar-refractivity contribution < 1.29 is 14.2 Å². The predicted octanol–water partition coefficient (Wildman–Crippen LogP) is 3.47. The molecule has 1 amide bonds. The molecule has 0 saturated heterocycles. The molecule has 4 aromatic rings. The van der Waals surface area contributed by atoms with Gasteiger partial charge in [-0.1, -0.05) is 42.1 Å². The number of H-pyrrole nitrogens is 1. The van der Waals surface area contributed by atoms with Crippen LogP contribution in [0.15, 0.2) is 64.4 Å². The summed E-state index contributed by atoms with van der Waals surface area (Å²) in [4.78, 5) is 19.7. The SMILES string of the molecule is O=C(CSc1nc2ccccc2[nH]1)Nc1nonc1Oc1ccccc1. The van der Waals surface area contributed by atoms with Crippen LogP contribution in [0, 0.1) is 0 Å². The molecule has 0 saturated carbocycles. The van der Waals surface area contributed by atoms with Gasteiger partial charge in [-0.05, 0) is 34.6 Å². The first kappa shape index (κ1) is 16.2. The van der Waals surface area contributed by atoms with Gasteiger partial charge in [-0.25, -0.2) is 9.61 Å². The van der Waals surface area contributed by atoms with E-state index in [1.54, 1.807) is 12.1 Å². The van der Waals surface area contributed by atoms with Gasteiger partial charge in [-0.3, -0.25) is 4.79 Å². The minimum atomic E-state index is -0.274. The summed E-state index contributed by atoms with van der Waals surface area (Å²) in [5.41, 5.74) is 1.78. The summed E-state index contributed by atoms with van der Waals surface area (Å²) < 4.78 is 10.2. The molecule has 9 heteroatoms. The second kappa shape index (κ2) is 7.28. The molecule has 0 atom stereocenters. The number of aromatic amines is 1. The number of imidazole rings is 1. The molecule has 2 heterocycles. The number of carbonyl (C=O) groups excluding carboxylic acids is 1. The van der Waals surface area contributed by atoms with E-state index in [2.05, 4.69) is 30.2 Å². The van der Waals surface area contributed by atoms with Crippen LogP contribution in [-0.4, -0.2) is 31.9 Å². The number of thioether (sulfide) groups is 1. The van der Waals surface area contributed by atoms with E-state index in [0.717, 1.165) is 11.0 Å². The van der Waals surface area contributed by atoms with Gasteiger partial charge in [-0.15, -0.1) is 0 Å². The van der Waals surface area contributed by atoms with E-state index in [1.165, 1.54) is 11.8 Å². The zero-order chi connectivity index (χ0) is 17.8. The van der Waals surface area contributed by atoms with Gasteiger partial charge in [0.1, 0.15) is 5.75 Å². The number of para-hydroxylation sites is 3. The number of anilines is 1. The molecule has 2 N–H and O–H groups in total. The molecule has 0 fully saturated rings. The van der Waals surface area contributed by atoms with Crippen LogP contribution in [0.2, 0.25) is 0 Å². The highest BCUT2D eigenvalue weighted by Crippen LogP contribution is 2.26. The normalized spacial score (nSPS) is 10.8. The Morgan fingerprint density at radius 3 is 2.77 bits per heavy atom. The maximum atomic E-state index is 12.2. The summed E-state index contributed by atoms with van der Waals surface area (Å²) in [6, 6.07) is 16.7. The van der Waals surface area contributed by atoms with Gasteiger partial charge in [0.25, 0.3) is 0 Å². The Morgan fingerprint density at radius 1 is 1.12 bits per heavy atom. The van der Waals surface area contributed by atoms with E-state index in [9.17, 15) is 4.79 Å². The van der Waals surface area contributed by atoms with Crippen molar-refractivity contribution in [2.75, 3.05) is 11.1 Å². The molecular weight excluding hydrogens is 354 g/mol. The van der Waals surface area contributed by atoms with Crippen LogP contribution >= 0.6 is 11.8 Å². The highest BCUT2D eigenvalue weighted by Gasteiger charge is 2.16. The Balaban J connectivity index is 1.37. The monoisotopic (exact) mass is 367 g/mol. The Kier molecular flexibility index (Phi) is 4.52. The first-order valence-electron chi connectivity index (χ1n) is 7.71. The molecule has 2 aromatic heterocycles. The molecule has 0 aliphatic heterocycles. The lowest BCUT2D eigenvalue weighted by Gasteiger charge is -2.03. The van der Waals surface area contributed by atoms with Crippen molar-refractivity contribution in [3.63, 3.8) is 0 Å². The summed E-state index contributed by atoms with van der Waals surface area (Å²) in [5, 5.41) is 10.6. The molecule has 0 unspecified atom stereocenters. The van der Waals surface area contributed by atoms with Crippen LogP contribution in [0.5, 0.6) is 11.6 Å². The summed E-state index contributed by atoms with van der Waals surface area (Å²) in [7, 11) is 0. The van der Waals surface area contributed by atoms with Gasteiger partial charge in [-0.2, -0.15) is 0 Å². The maximum absolute atomic E-state index is 12.2. The summed E-state index contributed by atoms with van der Waals surface area (Å²) >= 11 is 1.29. The van der Waals surface area contributed by atoms with Crippen LogP contribution < -0.4 is 10.1 Å². The van der Waals surface area contributed by atoms with E-state index in [-0.39, 0.29) is 23.4 Å². The van der Waals surface area contributed by atoms with Crippen LogP contribution in [0.3, 0.4) is 0 Å². The topological polar surface area (TPSA) is 106 Å². The van der Waals surface area contributed by atoms with Crippen molar-refractivity contribution in [3.05, 3.63) is 54.6 Å². The number of hydrogen-bond acceptors (Lipinski definition) is 7. The molecule has 8 nitrogen and oxygen atoms in total. The largest absolute Gasteiger partial charge is 0.434 e. The number of nitrogens with zero attached hydrogens (tertiary/aromatic N) is 3. The zero-order valence-corrected chi connectivity index (χ0v) is 14.2. The molecular formula is C17H13N5O3S. The lowest BCUT2D eigenvalue weighted by molar-refractivity contribution is -0.113. The average Bonchev–Trinajstić information content (AvgIpc) is 3.27. The third-order valence-electron chi connectivity index (χ3n) is 3.38. The van der Waals surface area contributed by atoms with Gasteiger partial charge in [0.05, 0.1) is 16.8 Å². The molecule has 0 aliphatic rings. The summed E-state index contributed by atoms with van der Waals surface area (Å²) in [6.07, 6.45) is 0. The number of ether oxygens (including phenoxy) is 1. The van der Waals surface area contributed by atoms with Crippen LogP contribution in [0.4, 0.5) is 5.82 Å². The Labute approximate surface area is 151 Å². The second-order valence-electron chi connectivity index (χ2n) is 5.23. The Morgan fingerprint density at radius 2 is 1.92 bits per heavy atom. The summed E-state index contributed by atoms with van der Waals surface area (Å²) in [5.74, 6) is 0.666. The lowest BCUT2D eigenvalue weighted by atomic mass is 10.3. The Hall–Kier alpha value is -3.33. The minimum Gasteiger partial charge on any atom is -0.434 e. The third-order valence-corrected chi connectivity index (χ3v) is 4.25. The second-order valence-corrected chi connectivity index (χ2v) is 6.19. The van der Waals surface area contributed by atoms with Crippen molar-refractivity contribution in [3.8, 4) is 11.6 Å². The molecule has 26 heavy (non-hydrogen) atoms. The molecule has 0 bridgehead atoms. The number of nitrogens with one attached hydrogen (secondary N) is 2. The summed E-state index contributed by atoms with van der Waals surface area (Å²) in [6.45, 7) is 0. The molecule has 0 aliphatic carbocycles. The van der Waals surface area contributed by atoms with Gasteiger partial charge < -0.3 is 15.0 Å². The number of carbonyl (C=O) groups is 1.